The summed E-state index contributed by atoms with van der Waals surface area (Å²) in [5, 5.41) is 8.85. The van der Waals surface area contributed by atoms with Crippen molar-refractivity contribution in [2.75, 3.05) is 13.1 Å². The van der Waals surface area contributed by atoms with Gasteiger partial charge in [0.15, 0.2) is 0 Å². The van der Waals surface area contributed by atoms with Crippen LogP contribution in [0.25, 0.3) is 6.08 Å². The lowest BCUT2D eigenvalue weighted by atomic mass is 10.1. The van der Waals surface area contributed by atoms with E-state index in [0.29, 0.717) is 23.8 Å². The number of hydrogen-bond acceptors (Lipinski definition) is 3. The summed E-state index contributed by atoms with van der Waals surface area (Å²) in [5.41, 5.74) is 0. The highest BCUT2D eigenvalue weighted by Gasteiger charge is 2.29. The first-order chi connectivity index (χ1) is 8.56. The molecule has 1 aromatic heterocycles. The third-order valence-electron chi connectivity index (χ3n) is 2.83. The SMILES string of the molecule is O=C(O)C1CCN(C(=O)C=Cc2ccc(Cl)s2)C1. The standard InChI is InChI=1S/C12H12ClNO3S/c13-10-3-1-9(18-10)2-4-11(15)14-6-5-8(7-14)12(16)17/h1-4,8H,5-7H2,(H,16,17). The summed E-state index contributed by atoms with van der Waals surface area (Å²) in [6.07, 6.45) is 3.69. The summed E-state index contributed by atoms with van der Waals surface area (Å²) in [7, 11) is 0. The first-order valence-corrected chi connectivity index (χ1v) is 6.71. The molecule has 0 bridgehead atoms. The van der Waals surface area contributed by atoms with Crippen LogP contribution in [-0.4, -0.2) is 35.0 Å². The maximum atomic E-state index is 11.8. The number of rotatable bonds is 3. The van der Waals surface area contributed by atoms with Crippen molar-refractivity contribution < 1.29 is 14.7 Å². The highest BCUT2D eigenvalue weighted by molar-refractivity contribution is 7.17. The molecule has 18 heavy (non-hydrogen) atoms. The molecule has 0 radical (unpaired) electrons. The number of carbonyl (C=O) groups excluding carboxylic acids is 1. The Kier molecular flexibility index (Phi) is 4.04. The number of halogens is 1. The third-order valence-corrected chi connectivity index (χ3v) is 4.03. The molecular weight excluding hydrogens is 274 g/mol. The third kappa shape index (κ3) is 3.11. The van der Waals surface area contributed by atoms with Crippen molar-refractivity contribution in [1.29, 1.82) is 0 Å². The molecule has 1 unspecified atom stereocenters. The van der Waals surface area contributed by atoms with Gasteiger partial charge in [0.2, 0.25) is 5.91 Å². The van der Waals surface area contributed by atoms with Gasteiger partial charge >= 0.3 is 5.97 Å². The minimum atomic E-state index is -0.834. The van der Waals surface area contributed by atoms with Gasteiger partial charge in [0, 0.05) is 24.0 Å². The van der Waals surface area contributed by atoms with E-state index in [0.717, 1.165) is 4.88 Å². The van der Waals surface area contributed by atoms with Crippen LogP contribution >= 0.6 is 22.9 Å². The van der Waals surface area contributed by atoms with Crippen LogP contribution in [0.4, 0.5) is 0 Å². The minimum absolute atomic E-state index is 0.150. The Morgan fingerprint density at radius 2 is 2.28 bits per heavy atom. The fraction of sp³-hybridized carbons (Fsp3) is 0.333. The van der Waals surface area contributed by atoms with E-state index in [2.05, 4.69) is 0 Å². The second-order valence-corrected chi connectivity index (χ2v) is 5.83. The molecule has 0 aromatic carbocycles. The summed E-state index contributed by atoms with van der Waals surface area (Å²) in [6.45, 7) is 0.801. The average molecular weight is 286 g/mol. The summed E-state index contributed by atoms with van der Waals surface area (Å²) >= 11 is 7.17. The first-order valence-electron chi connectivity index (χ1n) is 5.51. The molecule has 4 nitrogen and oxygen atoms in total. The van der Waals surface area contributed by atoms with Crippen molar-refractivity contribution >= 4 is 40.9 Å². The van der Waals surface area contributed by atoms with Crippen molar-refractivity contribution in [3.05, 3.63) is 27.4 Å². The number of nitrogens with zero attached hydrogens (tertiary/aromatic N) is 1. The molecular formula is C12H12ClNO3S. The Labute approximate surface area is 113 Å². The molecule has 0 spiro atoms. The van der Waals surface area contributed by atoms with E-state index in [1.54, 1.807) is 17.0 Å². The van der Waals surface area contributed by atoms with Gasteiger partial charge in [-0.2, -0.15) is 0 Å². The molecule has 0 aliphatic carbocycles. The molecule has 2 heterocycles. The number of thiophene rings is 1. The molecule has 1 aliphatic heterocycles. The van der Waals surface area contributed by atoms with Gasteiger partial charge in [-0.3, -0.25) is 9.59 Å². The second kappa shape index (κ2) is 5.54. The summed E-state index contributed by atoms with van der Waals surface area (Å²) < 4.78 is 0.675. The van der Waals surface area contributed by atoms with Gasteiger partial charge < -0.3 is 10.0 Å². The fourth-order valence-corrected chi connectivity index (χ4v) is 2.80. The van der Waals surface area contributed by atoms with Gasteiger partial charge in [0.1, 0.15) is 0 Å². The zero-order valence-electron chi connectivity index (χ0n) is 9.51. The van der Waals surface area contributed by atoms with Gasteiger partial charge in [-0.1, -0.05) is 11.6 Å². The lowest BCUT2D eigenvalue weighted by Crippen LogP contribution is -2.28. The van der Waals surface area contributed by atoms with Crippen molar-refractivity contribution in [1.82, 2.24) is 4.90 Å². The number of aliphatic carboxylic acids is 1. The van der Waals surface area contributed by atoms with Crippen LogP contribution in [0.5, 0.6) is 0 Å². The highest BCUT2D eigenvalue weighted by Crippen LogP contribution is 2.23. The van der Waals surface area contributed by atoms with E-state index in [9.17, 15) is 9.59 Å². The van der Waals surface area contributed by atoms with Gasteiger partial charge in [-0.15, -0.1) is 11.3 Å². The van der Waals surface area contributed by atoms with E-state index < -0.39 is 11.9 Å². The summed E-state index contributed by atoms with van der Waals surface area (Å²) in [4.78, 5) is 25.1. The predicted octanol–water partition coefficient (Wildman–Crippen LogP) is 2.35. The van der Waals surface area contributed by atoms with Crippen molar-refractivity contribution in [2.24, 2.45) is 5.92 Å². The molecule has 1 fully saturated rings. The lowest BCUT2D eigenvalue weighted by Gasteiger charge is -2.12. The summed E-state index contributed by atoms with van der Waals surface area (Å²) in [5.74, 6) is -1.42. The first kappa shape index (κ1) is 13.1. The number of likely N-dealkylation sites (tertiary alicyclic amines) is 1. The van der Waals surface area contributed by atoms with E-state index >= 15 is 0 Å². The number of amides is 1. The number of carboxylic acids is 1. The number of carbonyl (C=O) groups is 2. The van der Waals surface area contributed by atoms with Crippen molar-refractivity contribution in [2.45, 2.75) is 6.42 Å². The van der Waals surface area contributed by atoms with Crippen LogP contribution in [0.2, 0.25) is 4.34 Å². The number of hydrogen-bond donors (Lipinski definition) is 1. The second-order valence-electron chi connectivity index (χ2n) is 4.08. The van der Waals surface area contributed by atoms with Crippen molar-refractivity contribution in [3.8, 4) is 0 Å². The maximum absolute atomic E-state index is 11.8. The van der Waals surface area contributed by atoms with Crippen LogP contribution in [0, 0.1) is 5.92 Å². The van der Waals surface area contributed by atoms with E-state index in [-0.39, 0.29) is 5.91 Å². The predicted molar refractivity (Wildman–Crippen MR) is 70.7 cm³/mol. The number of carboxylic acid groups (broad SMARTS) is 1. The quantitative estimate of drug-likeness (QED) is 0.867. The van der Waals surface area contributed by atoms with E-state index in [1.165, 1.54) is 17.4 Å². The molecule has 0 saturated carbocycles. The average Bonchev–Trinajstić information content (AvgIpc) is 2.94. The van der Waals surface area contributed by atoms with Crippen LogP contribution < -0.4 is 0 Å². The Morgan fingerprint density at radius 1 is 1.50 bits per heavy atom. The Balaban J connectivity index is 1.93. The van der Waals surface area contributed by atoms with Gasteiger partial charge in [0.05, 0.1) is 10.3 Å². The molecule has 1 N–H and O–H groups in total. The van der Waals surface area contributed by atoms with E-state index in [1.807, 2.05) is 6.07 Å². The fourth-order valence-electron chi connectivity index (χ4n) is 1.84. The molecule has 96 valence electrons. The monoisotopic (exact) mass is 285 g/mol. The van der Waals surface area contributed by atoms with Crippen LogP contribution in [0.3, 0.4) is 0 Å². The molecule has 1 saturated heterocycles. The van der Waals surface area contributed by atoms with Crippen LogP contribution in [0.15, 0.2) is 18.2 Å². The molecule has 2 rings (SSSR count). The van der Waals surface area contributed by atoms with Crippen molar-refractivity contribution in [3.63, 3.8) is 0 Å². The minimum Gasteiger partial charge on any atom is -0.481 e. The summed E-state index contributed by atoms with van der Waals surface area (Å²) in [6, 6.07) is 3.60. The smallest absolute Gasteiger partial charge is 0.308 e. The Morgan fingerprint density at radius 3 is 2.83 bits per heavy atom. The lowest BCUT2D eigenvalue weighted by molar-refractivity contribution is -0.141. The van der Waals surface area contributed by atoms with Gasteiger partial charge in [-0.25, -0.2) is 0 Å². The van der Waals surface area contributed by atoms with Gasteiger partial charge in [0.25, 0.3) is 0 Å². The molecule has 1 aliphatic rings. The van der Waals surface area contributed by atoms with Gasteiger partial charge in [-0.05, 0) is 24.6 Å². The Bertz CT molecular complexity index is 497. The maximum Gasteiger partial charge on any atom is 0.308 e. The zero-order valence-corrected chi connectivity index (χ0v) is 11.1. The molecule has 1 aromatic rings. The largest absolute Gasteiger partial charge is 0.481 e. The topological polar surface area (TPSA) is 57.6 Å². The Hall–Kier alpha value is -1.33. The molecule has 1 amide bonds. The zero-order chi connectivity index (χ0) is 13.1. The van der Waals surface area contributed by atoms with E-state index in [4.69, 9.17) is 16.7 Å². The molecule has 6 heteroatoms. The molecule has 1 atom stereocenters. The normalized spacial score (nSPS) is 19.6. The van der Waals surface area contributed by atoms with Crippen LogP contribution in [-0.2, 0) is 9.59 Å². The highest BCUT2D eigenvalue weighted by atomic mass is 35.5. The van der Waals surface area contributed by atoms with Crippen LogP contribution in [0.1, 0.15) is 11.3 Å².